The van der Waals surface area contributed by atoms with Gasteiger partial charge in [-0.3, -0.25) is 6.58 Å². The molecule has 0 amide bonds. The van der Waals surface area contributed by atoms with Gasteiger partial charge >= 0.3 is 19.5 Å². The molecular weight excluding hydrogens is 245 g/mol. The van der Waals surface area contributed by atoms with Crippen molar-refractivity contribution in [2.75, 3.05) is 0 Å². The Labute approximate surface area is 94.5 Å². The van der Waals surface area contributed by atoms with E-state index in [-0.39, 0.29) is 19.5 Å². The molecule has 0 unspecified atom stereocenters. The van der Waals surface area contributed by atoms with Crippen molar-refractivity contribution in [3.8, 4) is 0 Å². The second kappa shape index (κ2) is 9.54. The molecule has 0 aliphatic carbocycles. The van der Waals surface area contributed by atoms with Crippen LogP contribution in [-0.2, 0) is 19.5 Å². The van der Waals surface area contributed by atoms with Gasteiger partial charge in [-0.25, -0.2) is 23.8 Å². The first-order chi connectivity index (χ1) is 5.63. The van der Waals surface area contributed by atoms with Crippen LogP contribution in [0.5, 0.6) is 0 Å². The van der Waals surface area contributed by atoms with E-state index in [0.717, 1.165) is 5.57 Å². The normalized spacial score (nSPS) is 7.31. The van der Waals surface area contributed by atoms with Crippen molar-refractivity contribution < 1.29 is 19.5 Å². The predicted molar refractivity (Wildman–Crippen MR) is 55.0 cm³/mol. The summed E-state index contributed by atoms with van der Waals surface area (Å²) in [5, 5.41) is 0. The van der Waals surface area contributed by atoms with Gasteiger partial charge in [0.15, 0.2) is 0 Å². The Morgan fingerprint density at radius 1 is 1.15 bits per heavy atom. The fourth-order valence-corrected chi connectivity index (χ4v) is 0.776. The molecule has 0 aromatic heterocycles. The van der Waals surface area contributed by atoms with Gasteiger partial charge < -0.3 is 0 Å². The second-order valence-electron chi connectivity index (χ2n) is 2.93. The van der Waals surface area contributed by atoms with Crippen LogP contribution in [0.3, 0.4) is 0 Å². The third kappa shape index (κ3) is 14.3. The number of allylic oxidation sites excluding steroid dienone is 3. The van der Waals surface area contributed by atoms with E-state index in [9.17, 15) is 0 Å². The largest absolute Gasteiger partial charge is 2.00 e. The van der Waals surface area contributed by atoms with Gasteiger partial charge in [-0.2, -0.15) is 23.8 Å². The van der Waals surface area contributed by atoms with Crippen molar-refractivity contribution in [2.24, 2.45) is 0 Å². The fourth-order valence-electron chi connectivity index (χ4n) is 0.776. The molecule has 1 rings (SSSR count). The molecule has 0 spiro atoms. The summed E-state index contributed by atoms with van der Waals surface area (Å²) >= 11 is 0. The van der Waals surface area contributed by atoms with Crippen LogP contribution in [-0.4, -0.2) is 0 Å². The van der Waals surface area contributed by atoms with Gasteiger partial charge in [-0.15, -0.1) is 0 Å². The monoisotopic (exact) mass is 262 g/mol. The van der Waals surface area contributed by atoms with Crippen LogP contribution in [0, 0.1) is 6.58 Å². The zero-order valence-corrected chi connectivity index (χ0v) is 10.1. The molecule has 0 aliphatic heterocycles. The minimum atomic E-state index is 0. The van der Waals surface area contributed by atoms with Crippen LogP contribution in [0.4, 0.5) is 0 Å². The van der Waals surface area contributed by atoms with Crippen LogP contribution in [0.15, 0.2) is 47.6 Å². The molecule has 0 saturated heterocycles. The van der Waals surface area contributed by atoms with E-state index in [1.54, 1.807) is 0 Å². The molecule has 13 heavy (non-hydrogen) atoms. The molecule has 0 nitrogen and oxygen atoms in total. The minimum Gasteiger partial charge on any atom is -0.290 e. The van der Waals surface area contributed by atoms with Crippen LogP contribution >= 0.6 is 0 Å². The average molecular weight is 261 g/mol. The predicted octanol–water partition coefficient (Wildman–Crippen LogP) is 3.73. The van der Waals surface area contributed by atoms with Gasteiger partial charge in [-0.1, -0.05) is 20.8 Å². The van der Waals surface area contributed by atoms with Gasteiger partial charge in [0, 0.05) is 0 Å². The quantitative estimate of drug-likeness (QED) is 0.410. The summed E-state index contributed by atoms with van der Waals surface area (Å²) in [7, 11) is 0. The third-order valence-corrected chi connectivity index (χ3v) is 1.07. The third-order valence-electron chi connectivity index (χ3n) is 1.07. The van der Waals surface area contributed by atoms with E-state index in [1.807, 2.05) is 57.2 Å². The molecule has 0 heterocycles. The van der Waals surface area contributed by atoms with E-state index in [0.29, 0.717) is 0 Å². The summed E-state index contributed by atoms with van der Waals surface area (Å²) in [5.74, 6) is 0. The average Bonchev–Trinajstić information content (AvgIpc) is 2.36. The summed E-state index contributed by atoms with van der Waals surface area (Å²) in [6.07, 6.45) is 1.94. The molecule has 1 aromatic carbocycles. The Balaban J connectivity index is 0. The Morgan fingerprint density at radius 2 is 1.62 bits per heavy atom. The van der Waals surface area contributed by atoms with E-state index < -0.39 is 0 Å². The number of hydrogen-bond donors (Lipinski definition) is 0. The van der Waals surface area contributed by atoms with E-state index in [2.05, 4.69) is 0 Å². The Kier molecular flexibility index (Phi) is 11.0. The standard InChI is InChI=1S/C7H11.C5H5.Ru/c1-6(2)5-7(3)4;1-2-4-5-3-1;/h1,5H,2-4H3;1-5H;/q2*-1;+2. The first-order valence-corrected chi connectivity index (χ1v) is 4.03. The zero-order valence-electron chi connectivity index (χ0n) is 8.40. The Hall–Kier alpha value is -0.547. The molecular formula is C12H16Ru. The van der Waals surface area contributed by atoms with Gasteiger partial charge in [0.25, 0.3) is 0 Å². The van der Waals surface area contributed by atoms with Crippen molar-refractivity contribution in [3.05, 3.63) is 54.1 Å². The summed E-state index contributed by atoms with van der Waals surface area (Å²) in [5.41, 5.74) is 2.13. The Morgan fingerprint density at radius 3 is 1.69 bits per heavy atom. The molecule has 0 saturated carbocycles. The molecule has 0 atom stereocenters. The summed E-state index contributed by atoms with van der Waals surface area (Å²) in [4.78, 5) is 0. The minimum absolute atomic E-state index is 0. The van der Waals surface area contributed by atoms with Crippen LogP contribution in [0.2, 0.25) is 0 Å². The smallest absolute Gasteiger partial charge is 0.290 e. The van der Waals surface area contributed by atoms with Crippen LogP contribution in [0.1, 0.15) is 20.8 Å². The first-order valence-electron chi connectivity index (χ1n) is 4.03. The van der Waals surface area contributed by atoms with Crippen molar-refractivity contribution in [2.45, 2.75) is 20.8 Å². The van der Waals surface area contributed by atoms with E-state index in [4.69, 9.17) is 6.58 Å². The molecule has 0 N–H and O–H groups in total. The summed E-state index contributed by atoms with van der Waals surface area (Å²) in [6, 6.07) is 10.0. The van der Waals surface area contributed by atoms with Gasteiger partial charge in [-0.05, 0) is 0 Å². The molecule has 0 aliphatic rings. The molecule has 72 valence electrons. The maximum atomic E-state index is 5.33. The Bertz CT molecular complexity index is 208. The van der Waals surface area contributed by atoms with Gasteiger partial charge in [0.1, 0.15) is 0 Å². The van der Waals surface area contributed by atoms with Crippen LogP contribution in [0.25, 0.3) is 0 Å². The summed E-state index contributed by atoms with van der Waals surface area (Å²) < 4.78 is 0. The molecule has 0 bridgehead atoms. The second-order valence-corrected chi connectivity index (χ2v) is 2.93. The van der Waals surface area contributed by atoms with Gasteiger partial charge in [0.05, 0.1) is 0 Å². The summed E-state index contributed by atoms with van der Waals surface area (Å²) in [6.45, 7) is 11.3. The molecule has 0 radical (unpaired) electrons. The van der Waals surface area contributed by atoms with Crippen molar-refractivity contribution in [1.82, 2.24) is 0 Å². The number of rotatable bonds is 1. The molecule has 1 heteroatoms. The maximum absolute atomic E-state index is 5.33. The zero-order chi connectivity index (χ0) is 9.40. The number of hydrogen-bond acceptors (Lipinski definition) is 0. The van der Waals surface area contributed by atoms with Crippen molar-refractivity contribution in [3.63, 3.8) is 0 Å². The maximum Gasteiger partial charge on any atom is 2.00 e. The fraction of sp³-hybridized carbons (Fsp3) is 0.250. The molecule has 1 aromatic rings. The SMILES string of the molecule is [CH-]=C(C)C=C(C)C.[Ru+2].c1cc[cH-]c1. The molecule has 0 fully saturated rings. The van der Waals surface area contributed by atoms with Gasteiger partial charge in [0.2, 0.25) is 0 Å². The van der Waals surface area contributed by atoms with E-state index in [1.165, 1.54) is 5.57 Å². The van der Waals surface area contributed by atoms with Crippen molar-refractivity contribution >= 4 is 0 Å². The van der Waals surface area contributed by atoms with Crippen LogP contribution < -0.4 is 0 Å². The van der Waals surface area contributed by atoms with E-state index >= 15 is 0 Å². The van der Waals surface area contributed by atoms with Crippen molar-refractivity contribution in [1.29, 1.82) is 0 Å². The topological polar surface area (TPSA) is 0 Å². The first kappa shape index (κ1) is 14.9.